The van der Waals surface area contributed by atoms with Gasteiger partial charge in [-0.15, -0.1) is 0 Å². The quantitative estimate of drug-likeness (QED) is 0.658. The minimum atomic E-state index is -0.828. The van der Waals surface area contributed by atoms with Crippen LogP contribution in [-0.2, 0) is 9.59 Å². The molecule has 1 saturated heterocycles. The van der Waals surface area contributed by atoms with Crippen LogP contribution in [0.2, 0.25) is 0 Å². The molecule has 104 valence electrons. The zero-order valence-corrected chi connectivity index (χ0v) is 11.2. The van der Waals surface area contributed by atoms with Gasteiger partial charge in [0.25, 0.3) is 0 Å². The number of nitrogens with one attached hydrogen (secondary N) is 2. The number of rotatable bonds is 6. The van der Waals surface area contributed by atoms with E-state index in [1.165, 1.54) is 0 Å². The normalized spacial score (nSPS) is 21.6. The maximum atomic E-state index is 11.9. The lowest BCUT2D eigenvalue weighted by Gasteiger charge is -2.23. The summed E-state index contributed by atoms with van der Waals surface area (Å²) < 4.78 is 0. The van der Waals surface area contributed by atoms with E-state index < -0.39 is 11.9 Å². The number of aliphatic carboxylic acids is 1. The molecule has 1 heterocycles. The van der Waals surface area contributed by atoms with Crippen molar-refractivity contribution in [1.82, 2.24) is 10.6 Å². The average Bonchev–Trinajstić information content (AvgIpc) is 2.34. The molecule has 1 rings (SSSR count). The molecule has 0 saturated carbocycles. The van der Waals surface area contributed by atoms with Crippen LogP contribution < -0.4 is 10.6 Å². The van der Waals surface area contributed by atoms with Gasteiger partial charge in [-0.2, -0.15) is 0 Å². The van der Waals surface area contributed by atoms with Gasteiger partial charge in [-0.25, -0.2) is 0 Å². The first-order valence-corrected chi connectivity index (χ1v) is 6.72. The van der Waals surface area contributed by atoms with Gasteiger partial charge < -0.3 is 15.7 Å². The molecule has 5 nitrogen and oxygen atoms in total. The predicted octanol–water partition coefficient (Wildman–Crippen LogP) is 0.849. The van der Waals surface area contributed by atoms with Gasteiger partial charge in [-0.3, -0.25) is 9.59 Å². The van der Waals surface area contributed by atoms with E-state index in [0.29, 0.717) is 18.9 Å². The molecule has 0 aromatic rings. The number of carbonyl (C=O) groups is 2. The van der Waals surface area contributed by atoms with Crippen LogP contribution >= 0.6 is 0 Å². The van der Waals surface area contributed by atoms with Crippen LogP contribution in [0.3, 0.4) is 0 Å². The lowest BCUT2D eigenvalue weighted by molar-refractivity contribution is -0.142. The molecule has 1 amide bonds. The fourth-order valence-electron chi connectivity index (χ4n) is 2.28. The average molecular weight is 256 g/mol. The van der Waals surface area contributed by atoms with E-state index in [-0.39, 0.29) is 18.4 Å². The fraction of sp³-hybridized carbons (Fsp3) is 0.846. The van der Waals surface area contributed by atoms with Gasteiger partial charge in [0.15, 0.2) is 0 Å². The fourth-order valence-corrected chi connectivity index (χ4v) is 2.28. The molecule has 1 aliphatic rings. The Morgan fingerprint density at radius 2 is 2.17 bits per heavy atom. The summed E-state index contributed by atoms with van der Waals surface area (Å²) in [5, 5.41) is 15.0. The van der Waals surface area contributed by atoms with Crippen molar-refractivity contribution in [3.63, 3.8) is 0 Å². The van der Waals surface area contributed by atoms with E-state index in [1.54, 1.807) is 0 Å². The summed E-state index contributed by atoms with van der Waals surface area (Å²) in [6.45, 7) is 5.89. The highest BCUT2D eigenvalue weighted by Gasteiger charge is 2.24. The van der Waals surface area contributed by atoms with Crippen molar-refractivity contribution in [3.8, 4) is 0 Å². The number of hydrogen-bond donors (Lipinski definition) is 3. The molecular weight excluding hydrogens is 232 g/mol. The Bertz CT molecular complexity index is 286. The molecule has 0 aromatic carbocycles. The molecule has 3 N–H and O–H groups in total. The van der Waals surface area contributed by atoms with E-state index >= 15 is 0 Å². The summed E-state index contributed by atoms with van der Waals surface area (Å²) in [5.74, 6) is -1.01. The molecule has 2 atom stereocenters. The Morgan fingerprint density at radius 1 is 1.44 bits per heavy atom. The van der Waals surface area contributed by atoms with Crippen molar-refractivity contribution in [2.24, 2.45) is 17.8 Å². The first kappa shape index (κ1) is 15.0. The second-order valence-electron chi connectivity index (χ2n) is 5.45. The van der Waals surface area contributed by atoms with Crippen LogP contribution in [0, 0.1) is 17.8 Å². The van der Waals surface area contributed by atoms with E-state index in [0.717, 1.165) is 19.4 Å². The Labute approximate surface area is 108 Å². The zero-order valence-electron chi connectivity index (χ0n) is 11.2. The van der Waals surface area contributed by atoms with Crippen LogP contribution in [0.4, 0.5) is 0 Å². The standard InChI is InChI=1S/C13H24N2O3/c1-9(2)6-11(13(17)18)8-15-12(16)10-4-3-5-14-7-10/h9-11,14H,3-8H2,1-2H3,(H,15,16)(H,17,18)/t10-,11?/m0/s1. The molecule has 0 bridgehead atoms. The molecule has 18 heavy (non-hydrogen) atoms. The SMILES string of the molecule is CC(C)CC(CNC(=O)[C@H]1CCCNC1)C(=O)O. The number of carbonyl (C=O) groups excluding carboxylic acids is 1. The Kier molecular flexibility index (Phi) is 6.12. The van der Waals surface area contributed by atoms with Crippen molar-refractivity contribution in [2.75, 3.05) is 19.6 Å². The van der Waals surface area contributed by atoms with Crippen molar-refractivity contribution in [3.05, 3.63) is 0 Å². The smallest absolute Gasteiger partial charge is 0.308 e. The summed E-state index contributed by atoms with van der Waals surface area (Å²) in [6, 6.07) is 0. The predicted molar refractivity (Wildman–Crippen MR) is 69.2 cm³/mol. The van der Waals surface area contributed by atoms with Gasteiger partial charge in [-0.1, -0.05) is 13.8 Å². The Balaban J connectivity index is 2.36. The maximum absolute atomic E-state index is 11.9. The third kappa shape index (κ3) is 5.04. The van der Waals surface area contributed by atoms with E-state index in [2.05, 4.69) is 10.6 Å². The molecule has 0 aromatic heterocycles. The second kappa shape index (κ2) is 7.36. The van der Waals surface area contributed by atoms with Gasteiger partial charge >= 0.3 is 5.97 Å². The lowest BCUT2D eigenvalue weighted by atomic mass is 9.95. The Hall–Kier alpha value is -1.10. The maximum Gasteiger partial charge on any atom is 0.308 e. The van der Waals surface area contributed by atoms with Crippen LogP contribution in [0.1, 0.15) is 33.1 Å². The molecule has 5 heteroatoms. The van der Waals surface area contributed by atoms with E-state index in [1.807, 2.05) is 13.8 Å². The molecular formula is C13H24N2O3. The van der Waals surface area contributed by atoms with Crippen LogP contribution in [0.5, 0.6) is 0 Å². The van der Waals surface area contributed by atoms with Crippen LogP contribution in [-0.4, -0.2) is 36.6 Å². The molecule has 0 aliphatic carbocycles. The highest BCUT2D eigenvalue weighted by atomic mass is 16.4. The highest BCUT2D eigenvalue weighted by molar-refractivity contribution is 5.80. The van der Waals surface area contributed by atoms with Gasteiger partial charge in [0.05, 0.1) is 11.8 Å². The number of carboxylic acid groups (broad SMARTS) is 1. The third-order valence-electron chi connectivity index (χ3n) is 3.30. The topological polar surface area (TPSA) is 78.4 Å². The molecule has 1 unspecified atom stereocenters. The Morgan fingerprint density at radius 3 is 2.67 bits per heavy atom. The summed E-state index contributed by atoms with van der Waals surface area (Å²) in [4.78, 5) is 22.9. The summed E-state index contributed by atoms with van der Waals surface area (Å²) in [6.07, 6.45) is 2.49. The summed E-state index contributed by atoms with van der Waals surface area (Å²) in [5.41, 5.74) is 0. The first-order chi connectivity index (χ1) is 8.50. The molecule has 0 spiro atoms. The third-order valence-corrected chi connectivity index (χ3v) is 3.30. The monoisotopic (exact) mass is 256 g/mol. The molecule has 1 aliphatic heterocycles. The first-order valence-electron chi connectivity index (χ1n) is 6.72. The van der Waals surface area contributed by atoms with Crippen LogP contribution in [0.25, 0.3) is 0 Å². The molecule has 0 radical (unpaired) electrons. The van der Waals surface area contributed by atoms with Gasteiger partial charge in [-0.05, 0) is 31.7 Å². The molecule has 1 fully saturated rings. The largest absolute Gasteiger partial charge is 0.481 e. The number of piperidine rings is 1. The van der Waals surface area contributed by atoms with Crippen molar-refractivity contribution >= 4 is 11.9 Å². The van der Waals surface area contributed by atoms with E-state index in [9.17, 15) is 9.59 Å². The lowest BCUT2D eigenvalue weighted by Crippen LogP contribution is -2.43. The summed E-state index contributed by atoms with van der Waals surface area (Å²) in [7, 11) is 0. The van der Waals surface area contributed by atoms with Gasteiger partial charge in [0.1, 0.15) is 0 Å². The highest BCUT2D eigenvalue weighted by Crippen LogP contribution is 2.13. The van der Waals surface area contributed by atoms with Gasteiger partial charge in [0, 0.05) is 13.1 Å². The number of hydrogen-bond acceptors (Lipinski definition) is 3. The van der Waals surface area contributed by atoms with Crippen molar-refractivity contribution in [1.29, 1.82) is 0 Å². The number of amides is 1. The summed E-state index contributed by atoms with van der Waals surface area (Å²) >= 11 is 0. The van der Waals surface area contributed by atoms with Crippen LogP contribution in [0.15, 0.2) is 0 Å². The van der Waals surface area contributed by atoms with E-state index in [4.69, 9.17) is 5.11 Å². The van der Waals surface area contributed by atoms with Crippen molar-refractivity contribution < 1.29 is 14.7 Å². The van der Waals surface area contributed by atoms with Gasteiger partial charge in [0.2, 0.25) is 5.91 Å². The number of carboxylic acids is 1. The minimum Gasteiger partial charge on any atom is -0.481 e. The zero-order chi connectivity index (χ0) is 13.5. The second-order valence-corrected chi connectivity index (χ2v) is 5.45. The van der Waals surface area contributed by atoms with Crippen molar-refractivity contribution in [2.45, 2.75) is 33.1 Å². The minimum absolute atomic E-state index is 0.00718.